The Balaban J connectivity index is 2.09. The second-order valence-electron chi connectivity index (χ2n) is 4.70. The molecular formula is C12H19NO. The molecule has 14 heavy (non-hydrogen) atoms. The molecule has 2 bridgehead atoms. The summed E-state index contributed by atoms with van der Waals surface area (Å²) in [6.45, 7) is 3.79. The van der Waals surface area contributed by atoms with E-state index >= 15 is 0 Å². The van der Waals surface area contributed by atoms with Gasteiger partial charge in [0.1, 0.15) is 0 Å². The molecule has 2 heterocycles. The van der Waals surface area contributed by atoms with Crippen LogP contribution in [0.5, 0.6) is 0 Å². The molecule has 2 nitrogen and oxygen atoms in total. The summed E-state index contributed by atoms with van der Waals surface area (Å²) in [5, 5.41) is 3.16. The zero-order valence-corrected chi connectivity index (χ0v) is 8.67. The summed E-state index contributed by atoms with van der Waals surface area (Å²) in [7, 11) is 0. The summed E-state index contributed by atoms with van der Waals surface area (Å²) in [5.74, 6) is 1.27. The molecule has 1 N–H and O–H groups in total. The zero-order chi connectivity index (χ0) is 9.97. The lowest BCUT2D eigenvalue weighted by Gasteiger charge is -2.21. The van der Waals surface area contributed by atoms with E-state index in [0.717, 1.165) is 25.7 Å². The molecule has 2 saturated heterocycles. The Morgan fingerprint density at radius 1 is 1.43 bits per heavy atom. The van der Waals surface area contributed by atoms with E-state index in [1.807, 2.05) is 6.08 Å². The summed E-state index contributed by atoms with van der Waals surface area (Å²) in [6, 6.07) is 0.444. The SMILES string of the molecule is C=CC[C@H]1C[C@@H]2CCC[C@H](C1)C(=O)N2. The molecule has 2 aliphatic heterocycles. The van der Waals surface area contributed by atoms with Crippen LogP contribution in [0.2, 0.25) is 0 Å². The highest BCUT2D eigenvalue weighted by Crippen LogP contribution is 2.32. The fraction of sp³-hybridized carbons (Fsp3) is 0.750. The van der Waals surface area contributed by atoms with Gasteiger partial charge in [-0.2, -0.15) is 0 Å². The third-order valence-electron chi connectivity index (χ3n) is 3.56. The Morgan fingerprint density at radius 2 is 2.29 bits per heavy atom. The van der Waals surface area contributed by atoms with Crippen molar-refractivity contribution in [1.82, 2.24) is 5.32 Å². The van der Waals surface area contributed by atoms with Crippen molar-refractivity contribution in [2.45, 2.75) is 44.6 Å². The first-order chi connectivity index (χ1) is 6.79. The monoisotopic (exact) mass is 193 g/mol. The Morgan fingerprint density at radius 3 is 3.07 bits per heavy atom. The average Bonchev–Trinajstić information content (AvgIpc) is 2.34. The Hall–Kier alpha value is -0.790. The highest BCUT2D eigenvalue weighted by Gasteiger charge is 2.32. The average molecular weight is 193 g/mol. The van der Waals surface area contributed by atoms with E-state index < -0.39 is 0 Å². The van der Waals surface area contributed by atoms with Crippen LogP contribution in [0.25, 0.3) is 0 Å². The third kappa shape index (κ3) is 1.99. The highest BCUT2D eigenvalue weighted by atomic mass is 16.2. The first kappa shape index (κ1) is 9.75. The van der Waals surface area contributed by atoms with Gasteiger partial charge in [-0.3, -0.25) is 4.79 Å². The van der Waals surface area contributed by atoms with Gasteiger partial charge in [-0.25, -0.2) is 0 Å². The molecule has 0 unspecified atom stereocenters. The van der Waals surface area contributed by atoms with Crippen molar-refractivity contribution in [2.75, 3.05) is 0 Å². The van der Waals surface area contributed by atoms with Crippen LogP contribution in [0.4, 0.5) is 0 Å². The topological polar surface area (TPSA) is 29.1 Å². The van der Waals surface area contributed by atoms with Crippen LogP contribution in [0.15, 0.2) is 12.7 Å². The quantitative estimate of drug-likeness (QED) is 0.670. The molecule has 2 aliphatic rings. The van der Waals surface area contributed by atoms with Crippen LogP contribution in [-0.4, -0.2) is 11.9 Å². The number of allylic oxidation sites excluding steroid dienone is 1. The number of hydrogen-bond donors (Lipinski definition) is 1. The maximum atomic E-state index is 11.7. The maximum absolute atomic E-state index is 11.7. The Labute approximate surface area is 85.8 Å². The van der Waals surface area contributed by atoms with Gasteiger partial charge in [0.05, 0.1) is 0 Å². The lowest BCUT2D eigenvalue weighted by Crippen LogP contribution is -2.33. The van der Waals surface area contributed by atoms with Gasteiger partial charge in [-0.05, 0) is 38.0 Å². The molecular weight excluding hydrogens is 174 g/mol. The molecule has 2 fully saturated rings. The first-order valence-electron chi connectivity index (χ1n) is 5.71. The third-order valence-corrected chi connectivity index (χ3v) is 3.56. The number of hydrogen-bond acceptors (Lipinski definition) is 1. The van der Waals surface area contributed by atoms with E-state index in [2.05, 4.69) is 11.9 Å². The smallest absolute Gasteiger partial charge is 0.223 e. The summed E-state index contributed by atoms with van der Waals surface area (Å²) < 4.78 is 0. The Kier molecular flexibility index (Phi) is 2.90. The van der Waals surface area contributed by atoms with Crippen molar-refractivity contribution >= 4 is 5.91 Å². The van der Waals surface area contributed by atoms with Gasteiger partial charge in [-0.1, -0.05) is 12.5 Å². The molecule has 0 radical (unpaired) electrons. The van der Waals surface area contributed by atoms with Gasteiger partial charge in [0.25, 0.3) is 0 Å². The lowest BCUT2D eigenvalue weighted by atomic mass is 9.83. The van der Waals surface area contributed by atoms with E-state index in [1.54, 1.807) is 0 Å². The number of amides is 1. The van der Waals surface area contributed by atoms with E-state index in [-0.39, 0.29) is 5.92 Å². The number of carbonyl (C=O) groups excluding carboxylic acids is 1. The van der Waals surface area contributed by atoms with Gasteiger partial charge in [0.15, 0.2) is 0 Å². The van der Waals surface area contributed by atoms with Crippen molar-refractivity contribution in [3.05, 3.63) is 12.7 Å². The van der Waals surface area contributed by atoms with Gasteiger partial charge in [0, 0.05) is 12.0 Å². The maximum Gasteiger partial charge on any atom is 0.223 e. The number of nitrogens with one attached hydrogen (secondary N) is 1. The van der Waals surface area contributed by atoms with Crippen LogP contribution >= 0.6 is 0 Å². The zero-order valence-electron chi connectivity index (χ0n) is 8.67. The van der Waals surface area contributed by atoms with Crippen LogP contribution in [0.3, 0.4) is 0 Å². The van der Waals surface area contributed by atoms with Crippen molar-refractivity contribution < 1.29 is 4.79 Å². The molecule has 3 atom stereocenters. The molecule has 0 aromatic heterocycles. The second-order valence-corrected chi connectivity index (χ2v) is 4.70. The molecule has 0 aromatic carbocycles. The molecule has 1 amide bonds. The summed E-state index contributed by atoms with van der Waals surface area (Å²) >= 11 is 0. The number of rotatable bonds is 2. The fourth-order valence-electron chi connectivity index (χ4n) is 2.86. The van der Waals surface area contributed by atoms with Crippen molar-refractivity contribution in [3.8, 4) is 0 Å². The normalized spacial score (nSPS) is 37.1. The van der Waals surface area contributed by atoms with Gasteiger partial charge >= 0.3 is 0 Å². The van der Waals surface area contributed by atoms with E-state index in [0.29, 0.717) is 17.9 Å². The standard InChI is InChI=1S/C12H19NO/c1-2-4-9-7-10-5-3-6-11(8-9)13-12(10)14/h2,9-11H,1,3-8H2,(H,13,14)/t9-,10-,11+/m1/s1. The lowest BCUT2D eigenvalue weighted by molar-refractivity contribution is -0.125. The van der Waals surface area contributed by atoms with Crippen LogP contribution in [-0.2, 0) is 4.79 Å². The minimum absolute atomic E-state index is 0.285. The summed E-state index contributed by atoms with van der Waals surface area (Å²) in [6.07, 6.45) is 8.79. The number of fused-ring (bicyclic) bond motifs is 3. The fourth-order valence-corrected chi connectivity index (χ4v) is 2.86. The highest BCUT2D eigenvalue weighted by molar-refractivity contribution is 5.79. The number of carbonyl (C=O) groups is 1. The van der Waals surface area contributed by atoms with Gasteiger partial charge in [-0.15, -0.1) is 6.58 Å². The summed E-state index contributed by atoms with van der Waals surface area (Å²) in [4.78, 5) is 11.7. The van der Waals surface area contributed by atoms with E-state index in [4.69, 9.17) is 0 Å². The van der Waals surface area contributed by atoms with Gasteiger partial charge < -0.3 is 5.32 Å². The molecule has 0 spiro atoms. The van der Waals surface area contributed by atoms with Crippen LogP contribution in [0.1, 0.15) is 38.5 Å². The summed E-state index contributed by atoms with van der Waals surface area (Å²) in [5.41, 5.74) is 0. The second kappa shape index (κ2) is 4.16. The molecule has 0 saturated carbocycles. The predicted octanol–water partition coefficient (Wildman–Crippen LogP) is 2.26. The molecule has 2 rings (SSSR count). The van der Waals surface area contributed by atoms with E-state index in [9.17, 15) is 4.79 Å². The van der Waals surface area contributed by atoms with Crippen LogP contribution in [0, 0.1) is 11.8 Å². The Bertz CT molecular complexity index is 236. The van der Waals surface area contributed by atoms with E-state index in [1.165, 1.54) is 12.8 Å². The minimum Gasteiger partial charge on any atom is -0.353 e. The minimum atomic E-state index is 0.285. The molecule has 0 aliphatic carbocycles. The largest absolute Gasteiger partial charge is 0.353 e. The van der Waals surface area contributed by atoms with Crippen LogP contribution < -0.4 is 5.32 Å². The molecule has 2 heteroatoms. The molecule has 78 valence electrons. The molecule has 0 aromatic rings. The van der Waals surface area contributed by atoms with Crippen molar-refractivity contribution in [1.29, 1.82) is 0 Å². The van der Waals surface area contributed by atoms with Crippen molar-refractivity contribution in [3.63, 3.8) is 0 Å². The van der Waals surface area contributed by atoms with Gasteiger partial charge in [0.2, 0.25) is 5.91 Å². The first-order valence-corrected chi connectivity index (χ1v) is 5.71. The predicted molar refractivity (Wildman–Crippen MR) is 56.8 cm³/mol. The van der Waals surface area contributed by atoms with Crippen molar-refractivity contribution in [2.24, 2.45) is 11.8 Å².